The minimum atomic E-state index is 0.00578. The zero-order valence-corrected chi connectivity index (χ0v) is 14.6. The van der Waals surface area contributed by atoms with E-state index in [1.165, 1.54) is 24.2 Å². The molecule has 22 heavy (non-hydrogen) atoms. The molecule has 0 bridgehead atoms. The quantitative estimate of drug-likeness (QED) is 0.371. The van der Waals surface area contributed by atoms with Gasteiger partial charge in [-0.05, 0) is 23.8 Å². The monoisotopic (exact) mass is 324 g/mol. The van der Waals surface area contributed by atoms with Crippen molar-refractivity contribution < 1.29 is 4.79 Å². The third kappa shape index (κ3) is 6.93. The van der Waals surface area contributed by atoms with Crippen LogP contribution in [0.3, 0.4) is 0 Å². The number of hydrogen-bond donors (Lipinski definition) is 3. The lowest BCUT2D eigenvalue weighted by Crippen LogP contribution is -2.40. The molecule has 124 valence electrons. The normalized spacial score (nSPS) is 11.5. The van der Waals surface area contributed by atoms with E-state index < -0.39 is 0 Å². The summed E-state index contributed by atoms with van der Waals surface area (Å²) < 4.78 is 0. The van der Waals surface area contributed by atoms with Gasteiger partial charge in [-0.15, -0.1) is 11.3 Å². The zero-order valence-electron chi connectivity index (χ0n) is 13.8. The van der Waals surface area contributed by atoms with E-state index in [1.54, 1.807) is 7.05 Å². The number of nitrogens with zero attached hydrogens (tertiary/aromatic N) is 1. The van der Waals surface area contributed by atoms with Gasteiger partial charge in [-0.1, -0.05) is 32.8 Å². The molecule has 0 aromatic carbocycles. The standard InChI is InChI=1S/C16H28N4OS/c1-4-13(5-2)12-20-16(17-3)19-10-7-9-18-15(21)14-8-6-11-22-14/h6,8,11,13H,4-5,7,9-10,12H2,1-3H3,(H,18,21)(H2,17,19,20). The average Bonchev–Trinajstić information content (AvgIpc) is 3.07. The summed E-state index contributed by atoms with van der Waals surface area (Å²) in [6.45, 7) is 6.81. The van der Waals surface area contributed by atoms with Gasteiger partial charge in [0.15, 0.2) is 5.96 Å². The second-order valence-corrected chi connectivity index (χ2v) is 6.10. The Morgan fingerprint density at radius 2 is 1.95 bits per heavy atom. The number of thiophene rings is 1. The summed E-state index contributed by atoms with van der Waals surface area (Å²) in [5.41, 5.74) is 0. The molecule has 0 saturated carbocycles. The van der Waals surface area contributed by atoms with E-state index in [9.17, 15) is 4.79 Å². The molecule has 0 atom stereocenters. The van der Waals surface area contributed by atoms with Crippen molar-refractivity contribution in [3.05, 3.63) is 22.4 Å². The highest BCUT2D eigenvalue weighted by Crippen LogP contribution is 2.07. The minimum absolute atomic E-state index is 0.00578. The van der Waals surface area contributed by atoms with Crippen LogP contribution in [0.1, 0.15) is 42.8 Å². The zero-order chi connectivity index (χ0) is 16.2. The summed E-state index contributed by atoms with van der Waals surface area (Å²) in [5, 5.41) is 11.4. The third-order valence-electron chi connectivity index (χ3n) is 3.61. The van der Waals surface area contributed by atoms with Gasteiger partial charge >= 0.3 is 0 Å². The van der Waals surface area contributed by atoms with Crippen molar-refractivity contribution in [2.45, 2.75) is 33.1 Å². The van der Waals surface area contributed by atoms with Crippen LogP contribution in [0.5, 0.6) is 0 Å². The minimum Gasteiger partial charge on any atom is -0.356 e. The molecule has 1 aromatic heterocycles. The molecule has 6 heteroatoms. The van der Waals surface area contributed by atoms with Gasteiger partial charge in [0.05, 0.1) is 4.88 Å². The lowest BCUT2D eigenvalue weighted by Gasteiger charge is -2.16. The lowest BCUT2D eigenvalue weighted by atomic mass is 10.0. The van der Waals surface area contributed by atoms with Gasteiger partial charge in [0.2, 0.25) is 0 Å². The first kappa shape index (κ1) is 18.5. The van der Waals surface area contributed by atoms with Crippen LogP contribution in [-0.4, -0.2) is 38.5 Å². The maximum absolute atomic E-state index is 11.7. The number of aliphatic imine (C=N–C) groups is 1. The molecule has 0 spiro atoms. The number of hydrogen-bond acceptors (Lipinski definition) is 3. The van der Waals surface area contributed by atoms with E-state index in [0.29, 0.717) is 12.5 Å². The van der Waals surface area contributed by atoms with Crippen LogP contribution in [0.25, 0.3) is 0 Å². The number of rotatable bonds is 9. The molecule has 5 nitrogen and oxygen atoms in total. The fraction of sp³-hybridized carbons (Fsp3) is 0.625. The summed E-state index contributed by atoms with van der Waals surface area (Å²) in [6.07, 6.45) is 3.22. The van der Waals surface area contributed by atoms with E-state index in [2.05, 4.69) is 34.8 Å². The average molecular weight is 324 g/mol. The van der Waals surface area contributed by atoms with Crippen LogP contribution < -0.4 is 16.0 Å². The van der Waals surface area contributed by atoms with E-state index >= 15 is 0 Å². The van der Waals surface area contributed by atoms with Crippen LogP contribution >= 0.6 is 11.3 Å². The summed E-state index contributed by atoms with van der Waals surface area (Å²) in [5.74, 6) is 1.52. The molecular formula is C16H28N4OS. The fourth-order valence-electron chi connectivity index (χ4n) is 2.03. The Balaban J connectivity index is 2.13. The Kier molecular flexibility index (Phi) is 9.30. The summed E-state index contributed by atoms with van der Waals surface area (Å²) in [4.78, 5) is 16.7. The largest absolute Gasteiger partial charge is 0.356 e. The van der Waals surface area contributed by atoms with E-state index in [4.69, 9.17) is 0 Å². The van der Waals surface area contributed by atoms with E-state index in [1.807, 2.05) is 17.5 Å². The Bertz CT molecular complexity index is 441. The molecule has 0 saturated heterocycles. The van der Waals surface area contributed by atoms with Crippen LogP contribution in [0.4, 0.5) is 0 Å². The highest BCUT2D eigenvalue weighted by molar-refractivity contribution is 7.12. The van der Waals surface area contributed by atoms with Gasteiger partial charge in [-0.2, -0.15) is 0 Å². The smallest absolute Gasteiger partial charge is 0.261 e. The number of amides is 1. The fourth-order valence-corrected chi connectivity index (χ4v) is 2.67. The number of carbonyl (C=O) groups excluding carboxylic acids is 1. The van der Waals surface area contributed by atoms with Crippen molar-refractivity contribution in [3.8, 4) is 0 Å². The molecular weight excluding hydrogens is 296 g/mol. The molecule has 1 rings (SSSR count). The maximum Gasteiger partial charge on any atom is 0.261 e. The summed E-state index contributed by atoms with van der Waals surface area (Å²) >= 11 is 1.46. The second-order valence-electron chi connectivity index (χ2n) is 5.15. The highest BCUT2D eigenvalue weighted by Gasteiger charge is 2.06. The van der Waals surface area contributed by atoms with Crippen molar-refractivity contribution in [2.24, 2.45) is 10.9 Å². The Labute approximate surface area is 137 Å². The van der Waals surface area contributed by atoms with Crippen molar-refractivity contribution in [1.29, 1.82) is 0 Å². The van der Waals surface area contributed by atoms with Crippen molar-refractivity contribution in [1.82, 2.24) is 16.0 Å². The number of guanidine groups is 1. The predicted octanol–water partition coefficient (Wildman–Crippen LogP) is 2.47. The molecule has 1 heterocycles. The van der Waals surface area contributed by atoms with Gasteiger partial charge in [-0.25, -0.2) is 0 Å². The molecule has 1 aromatic rings. The van der Waals surface area contributed by atoms with Crippen LogP contribution in [0, 0.1) is 5.92 Å². The first-order chi connectivity index (χ1) is 10.7. The second kappa shape index (κ2) is 11.1. The van der Waals surface area contributed by atoms with Crippen LogP contribution in [0.2, 0.25) is 0 Å². The topological polar surface area (TPSA) is 65.5 Å². The van der Waals surface area contributed by atoms with Gasteiger partial charge in [-0.3, -0.25) is 9.79 Å². The molecule has 0 fully saturated rings. The predicted molar refractivity (Wildman–Crippen MR) is 94.7 cm³/mol. The first-order valence-corrected chi connectivity index (χ1v) is 8.85. The first-order valence-electron chi connectivity index (χ1n) is 7.97. The van der Waals surface area contributed by atoms with Gasteiger partial charge in [0.1, 0.15) is 0 Å². The molecule has 0 aliphatic carbocycles. The van der Waals surface area contributed by atoms with Crippen LogP contribution in [0.15, 0.2) is 22.5 Å². The molecule has 1 amide bonds. The van der Waals surface area contributed by atoms with E-state index in [0.717, 1.165) is 30.3 Å². The summed E-state index contributed by atoms with van der Waals surface area (Å²) in [6, 6.07) is 3.72. The Morgan fingerprint density at radius 3 is 2.55 bits per heavy atom. The molecule has 0 unspecified atom stereocenters. The maximum atomic E-state index is 11.7. The van der Waals surface area contributed by atoms with E-state index in [-0.39, 0.29) is 5.91 Å². The highest BCUT2D eigenvalue weighted by atomic mass is 32.1. The molecule has 3 N–H and O–H groups in total. The Morgan fingerprint density at radius 1 is 1.23 bits per heavy atom. The molecule has 0 radical (unpaired) electrons. The SMILES string of the molecule is CCC(CC)CNC(=NC)NCCCNC(=O)c1cccs1. The number of carbonyl (C=O) groups is 1. The molecule has 0 aliphatic rings. The van der Waals surface area contributed by atoms with Crippen molar-refractivity contribution >= 4 is 23.2 Å². The number of nitrogens with one attached hydrogen (secondary N) is 3. The third-order valence-corrected chi connectivity index (χ3v) is 4.48. The van der Waals surface area contributed by atoms with Gasteiger partial charge in [0.25, 0.3) is 5.91 Å². The van der Waals surface area contributed by atoms with Crippen molar-refractivity contribution in [3.63, 3.8) is 0 Å². The lowest BCUT2D eigenvalue weighted by molar-refractivity contribution is 0.0957. The Hall–Kier alpha value is -1.56. The van der Waals surface area contributed by atoms with Crippen molar-refractivity contribution in [2.75, 3.05) is 26.7 Å². The van der Waals surface area contributed by atoms with Gasteiger partial charge < -0.3 is 16.0 Å². The van der Waals surface area contributed by atoms with Crippen LogP contribution in [-0.2, 0) is 0 Å². The van der Waals surface area contributed by atoms with Gasteiger partial charge in [0, 0.05) is 26.7 Å². The summed E-state index contributed by atoms with van der Waals surface area (Å²) in [7, 11) is 1.78. The molecule has 0 aliphatic heterocycles.